The minimum absolute atomic E-state index is 0.0676. The molecule has 0 saturated carbocycles. The second-order valence-electron chi connectivity index (χ2n) is 5.74. The summed E-state index contributed by atoms with van der Waals surface area (Å²) in [7, 11) is 0. The summed E-state index contributed by atoms with van der Waals surface area (Å²) < 4.78 is 12.5. The quantitative estimate of drug-likeness (QED) is 0.817. The number of carbonyl (C=O) groups is 1. The van der Waals surface area contributed by atoms with Crippen molar-refractivity contribution in [3.05, 3.63) is 28.6 Å². The molecule has 3 rings (SSSR count). The van der Waals surface area contributed by atoms with E-state index in [4.69, 9.17) is 20.9 Å². The summed E-state index contributed by atoms with van der Waals surface area (Å²) in [6.45, 7) is 5.80. The molecule has 1 aliphatic rings. The zero-order chi connectivity index (χ0) is 17.1. The summed E-state index contributed by atoms with van der Waals surface area (Å²) >= 11 is 6.13. The molecule has 2 aromatic rings. The second-order valence-corrected chi connectivity index (χ2v) is 6.15. The SMILES string of the molecule is CCn1cc(Cl)c(C(=O)N2CCC[C@H](OCc3nc(C)no3)C2)n1. The number of likely N-dealkylation sites (tertiary alicyclic amines) is 1. The molecule has 0 N–H and O–H groups in total. The highest BCUT2D eigenvalue weighted by Crippen LogP contribution is 2.20. The van der Waals surface area contributed by atoms with Crippen LogP contribution in [0.3, 0.4) is 0 Å². The van der Waals surface area contributed by atoms with Crippen LogP contribution in [0, 0.1) is 6.92 Å². The van der Waals surface area contributed by atoms with Gasteiger partial charge < -0.3 is 14.2 Å². The predicted octanol–water partition coefficient (Wildman–Crippen LogP) is 2.07. The average molecular weight is 354 g/mol. The molecule has 1 saturated heterocycles. The van der Waals surface area contributed by atoms with Crippen molar-refractivity contribution in [2.24, 2.45) is 0 Å². The Morgan fingerprint density at radius 1 is 1.54 bits per heavy atom. The first kappa shape index (κ1) is 16.9. The van der Waals surface area contributed by atoms with Crippen LogP contribution >= 0.6 is 11.6 Å². The van der Waals surface area contributed by atoms with Gasteiger partial charge in [-0.05, 0) is 26.7 Å². The van der Waals surface area contributed by atoms with Gasteiger partial charge in [-0.1, -0.05) is 16.8 Å². The fraction of sp³-hybridized carbons (Fsp3) is 0.600. The van der Waals surface area contributed by atoms with E-state index in [1.54, 1.807) is 22.7 Å². The molecule has 1 amide bonds. The van der Waals surface area contributed by atoms with Gasteiger partial charge in [0.15, 0.2) is 11.5 Å². The van der Waals surface area contributed by atoms with E-state index in [0.29, 0.717) is 42.1 Å². The maximum absolute atomic E-state index is 12.6. The number of hydrogen-bond acceptors (Lipinski definition) is 6. The Morgan fingerprint density at radius 3 is 3.04 bits per heavy atom. The van der Waals surface area contributed by atoms with Crippen LogP contribution in [-0.4, -0.2) is 49.9 Å². The molecule has 130 valence electrons. The number of rotatable bonds is 5. The maximum Gasteiger partial charge on any atom is 0.276 e. The Morgan fingerprint density at radius 2 is 2.38 bits per heavy atom. The molecule has 0 unspecified atom stereocenters. The van der Waals surface area contributed by atoms with Gasteiger partial charge in [-0.15, -0.1) is 0 Å². The molecule has 1 atom stereocenters. The number of aryl methyl sites for hydroxylation is 2. The van der Waals surface area contributed by atoms with Gasteiger partial charge in [-0.3, -0.25) is 9.48 Å². The lowest BCUT2D eigenvalue weighted by molar-refractivity contribution is -0.0155. The minimum atomic E-state index is -0.158. The van der Waals surface area contributed by atoms with Crippen LogP contribution in [0.4, 0.5) is 0 Å². The fourth-order valence-electron chi connectivity index (χ4n) is 2.70. The van der Waals surface area contributed by atoms with Crippen molar-refractivity contribution in [3.63, 3.8) is 0 Å². The highest BCUT2D eigenvalue weighted by Gasteiger charge is 2.28. The zero-order valence-electron chi connectivity index (χ0n) is 13.7. The van der Waals surface area contributed by atoms with E-state index in [1.165, 1.54) is 0 Å². The lowest BCUT2D eigenvalue weighted by Crippen LogP contribution is -2.43. The molecule has 1 fully saturated rings. The van der Waals surface area contributed by atoms with Gasteiger partial charge in [0.05, 0.1) is 11.1 Å². The molecular weight excluding hydrogens is 334 g/mol. The predicted molar refractivity (Wildman–Crippen MR) is 85.7 cm³/mol. The largest absolute Gasteiger partial charge is 0.367 e. The number of aromatic nitrogens is 4. The number of amides is 1. The fourth-order valence-corrected chi connectivity index (χ4v) is 2.93. The highest BCUT2D eigenvalue weighted by atomic mass is 35.5. The van der Waals surface area contributed by atoms with E-state index >= 15 is 0 Å². The number of carbonyl (C=O) groups excluding carboxylic acids is 1. The lowest BCUT2D eigenvalue weighted by atomic mass is 10.1. The van der Waals surface area contributed by atoms with Gasteiger partial charge in [0, 0.05) is 25.8 Å². The van der Waals surface area contributed by atoms with Crippen molar-refractivity contribution in [1.29, 1.82) is 0 Å². The Labute approximate surface area is 144 Å². The third kappa shape index (κ3) is 3.76. The van der Waals surface area contributed by atoms with E-state index < -0.39 is 0 Å². The first-order valence-electron chi connectivity index (χ1n) is 7.99. The Hall–Kier alpha value is -1.93. The van der Waals surface area contributed by atoms with Crippen molar-refractivity contribution in [2.45, 2.75) is 45.9 Å². The first-order chi connectivity index (χ1) is 11.6. The lowest BCUT2D eigenvalue weighted by Gasteiger charge is -2.32. The summed E-state index contributed by atoms with van der Waals surface area (Å²) in [5.41, 5.74) is 0.298. The standard InChI is InChI=1S/C15H20ClN5O3/c1-3-21-8-12(16)14(18-21)15(22)20-6-4-5-11(7-20)23-9-13-17-10(2)19-24-13/h8,11H,3-7,9H2,1-2H3/t11-/m0/s1. The van der Waals surface area contributed by atoms with Gasteiger partial charge in [0.1, 0.15) is 6.61 Å². The first-order valence-corrected chi connectivity index (χ1v) is 8.37. The van der Waals surface area contributed by atoms with Gasteiger partial charge in [0.25, 0.3) is 11.8 Å². The van der Waals surface area contributed by atoms with E-state index in [-0.39, 0.29) is 18.6 Å². The number of halogens is 1. The molecule has 0 bridgehead atoms. The Bertz CT molecular complexity index is 714. The molecule has 1 aliphatic heterocycles. The Balaban J connectivity index is 1.60. The molecule has 0 aromatic carbocycles. The summed E-state index contributed by atoms with van der Waals surface area (Å²) in [6.07, 6.45) is 3.35. The maximum atomic E-state index is 12.6. The number of hydrogen-bond donors (Lipinski definition) is 0. The number of ether oxygens (including phenoxy) is 1. The van der Waals surface area contributed by atoms with E-state index in [1.807, 2.05) is 6.92 Å². The van der Waals surface area contributed by atoms with Crippen LogP contribution in [0.15, 0.2) is 10.7 Å². The third-order valence-corrected chi connectivity index (χ3v) is 4.20. The zero-order valence-corrected chi connectivity index (χ0v) is 14.5. The van der Waals surface area contributed by atoms with E-state index in [0.717, 1.165) is 12.8 Å². The minimum Gasteiger partial charge on any atom is -0.367 e. The Kier molecular flexibility index (Phi) is 5.15. The van der Waals surface area contributed by atoms with Gasteiger partial charge >= 0.3 is 0 Å². The van der Waals surface area contributed by atoms with Crippen molar-refractivity contribution in [3.8, 4) is 0 Å². The average Bonchev–Trinajstić information content (AvgIpc) is 3.18. The molecule has 2 aromatic heterocycles. The van der Waals surface area contributed by atoms with Crippen LogP contribution in [0.5, 0.6) is 0 Å². The van der Waals surface area contributed by atoms with Gasteiger partial charge in [-0.2, -0.15) is 10.1 Å². The third-order valence-electron chi connectivity index (χ3n) is 3.92. The number of piperidine rings is 1. The molecule has 9 heteroatoms. The van der Waals surface area contributed by atoms with E-state index in [2.05, 4.69) is 15.2 Å². The molecule has 24 heavy (non-hydrogen) atoms. The topological polar surface area (TPSA) is 86.3 Å². The van der Waals surface area contributed by atoms with Crippen LogP contribution in [0.1, 0.15) is 42.0 Å². The van der Waals surface area contributed by atoms with Crippen LogP contribution in [0.25, 0.3) is 0 Å². The summed E-state index contributed by atoms with van der Waals surface area (Å²) in [5, 5.41) is 8.35. The van der Waals surface area contributed by atoms with E-state index in [9.17, 15) is 4.79 Å². The van der Waals surface area contributed by atoms with Crippen molar-refractivity contribution >= 4 is 17.5 Å². The smallest absolute Gasteiger partial charge is 0.276 e. The monoisotopic (exact) mass is 353 g/mol. The van der Waals surface area contributed by atoms with Crippen LogP contribution < -0.4 is 0 Å². The molecule has 0 aliphatic carbocycles. The molecule has 0 spiro atoms. The normalized spacial score (nSPS) is 18.1. The molecule has 0 radical (unpaired) electrons. The summed E-state index contributed by atoms with van der Waals surface area (Å²) in [4.78, 5) is 18.5. The molecule has 3 heterocycles. The van der Waals surface area contributed by atoms with Crippen LogP contribution in [-0.2, 0) is 17.9 Å². The van der Waals surface area contributed by atoms with Crippen LogP contribution in [0.2, 0.25) is 5.02 Å². The van der Waals surface area contributed by atoms with Gasteiger partial charge in [-0.25, -0.2) is 0 Å². The highest BCUT2D eigenvalue weighted by molar-refractivity contribution is 6.33. The summed E-state index contributed by atoms with van der Waals surface area (Å²) in [6, 6.07) is 0. The van der Waals surface area contributed by atoms with Crippen molar-refractivity contribution < 1.29 is 14.1 Å². The van der Waals surface area contributed by atoms with Crippen molar-refractivity contribution in [1.82, 2.24) is 24.8 Å². The number of nitrogens with zero attached hydrogens (tertiary/aromatic N) is 5. The summed E-state index contributed by atoms with van der Waals surface area (Å²) in [5.74, 6) is 0.866. The molecular formula is C15H20ClN5O3. The van der Waals surface area contributed by atoms with Crippen molar-refractivity contribution in [2.75, 3.05) is 13.1 Å². The molecule has 8 nitrogen and oxygen atoms in total. The van der Waals surface area contributed by atoms with Gasteiger partial charge in [0.2, 0.25) is 0 Å². The second kappa shape index (κ2) is 7.31.